The van der Waals surface area contributed by atoms with E-state index < -0.39 is 22.5 Å². The van der Waals surface area contributed by atoms with Gasteiger partial charge >= 0.3 is 0 Å². The molecule has 0 radical (unpaired) electrons. The second-order valence-corrected chi connectivity index (χ2v) is 9.02. The monoisotopic (exact) mass is 432 g/mol. The third-order valence-electron chi connectivity index (χ3n) is 4.82. The molecule has 2 aromatic heterocycles. The van der Waals surface area contributed by atoms with Gasteiger partial charge in [-0.1, -0.05) is 29.5 Å². The first-order valence-corrected chi connectivity index (χ1v) is 10.5. The predicted octanol–water partition coefficient (Wildman–Crippen LogP) is 4.54. The number of aryl methyl sites for hydroxylation is 1. The van der Waals surface area contributed by atoms with Crippen LogP contribution < -0.4 is 0 Å². The van der Waals surface area contributed by atoms with Gasteiger partial charge in [0.15, 0.2) is 0 Å². The van der Waals surface area contributed by atoms with Crippen LogP contribution in [0.4, 0.5) is 8.78 Å². The van der Waals surface area contributed by atoms with E-state index in [0.717, 1.165) is 32.8 Å². The fourth-order valence-corrected chi connectivity index (χ4v) is 5.25. The Morgan fingerprint density at radius 3 is 2.79 bits per heavy atom. The minimum absolute atomic E-state index is 0.00474. The van der Waals surface area contributed by atoms with Crippen LogP contribution in [0.25, 0.3) is 10.1 Å². The molecule has 0 amide bonds. The van der Waals surface area contributed by atoms with E-state index in [1.165, 1.54) is 46.7 Å². The smallest absolute Gasteiger partial charge is 0.137 e. The second-order valence-electron chi connectivity index (χ2n) is 6.89. The molecule has 0 spiro atoms. The van der Waals surface area contributed by atoms with Gasteiger partial charge in [-0.15, -0.1) is 0 Å². The summed E-state index contributed by atoms with van der Waals surface area (Å²) in [4.78, 5) is 3.89. The van der Waals surface area contributed by atoms with Crippen molar-refractivity contribution in [3.63, 3.8) is 0 Å². The van der Waals surface area contributed by atoms with Gasteiger partial charge in [0, 0.05) is 22.3 Å². The summed E-state index contributed by atoms with van der Waals surface area (Å²) >= 11 is 2.73. The average molecular weight is 433 g/mol. The van der Waals surface area contributed by atoms with Crippen LogP contribution in [0.15, 0.2) is 54.1 Å². The highest BCUT2D eigenvalue weighted by molar-refractivity contribution is 8.00. The Kier molecular flexibility index (Phi) is 5.37. The first kappa shape index (κ1) is 19.9. The largest absolute Gasteiger partial charge is 0.382 e. The SMILES string of the molecule is Cc1ccc2snc(S[C@H](C)[C@](O)(Cn3cncn3)c3ccc(F)cc3F)c2c1. The van der Waals surface area contributed by atoms with Crippen molar-refractivity contribution in [2.45, 2.75) is 36.3 Å². The Balaban J connectivity index is 1.74. The lowest BCUT2D eigenvalue weighted by atomic mass is 9.90. The topological polar surface area (TPSA) is 63.8 Å². The van der Waals surface area contributed by atoms with E-state index in [9.17, 15) is 13.9 Å². The third kappa shape index (κ3) is 3.90. The zero-order valence-electron chi connectivity index (χ0n) is 15.7. The quantitative estimate of drug-likeness (QED) is 0.453. The van der Waals surface area contributed by atoms with E-state index in [4.69, 9.17) is 0 Å². The molecule has 0 saturated heterocycles. The zero-order valence-corrected chi connectivity index (χ0v) is 17.3. The standard InChI is InChI=1S/C20H18F2N4OS2/c1-12-3-6-18-15(7-12)19(25-29-18)28-13(2)20(27,9-26-11-23-10-24-26)16-5-4-14(21)8-17(16)22/h3-8,10-11,13,27H,9H2,1-2H3/t13-,20-/m1/s1. The molecule has 4 aromatic rings. The molecule has 0 aliphatic carbocycles. The van der Waals surface area contributed by atoms with Crippen molar-refractivity contribution >= 4 is 33.4 Å². The van der Waals surface area contributed by atoms with Crippen LogP contribution in [0.5, 0.6) is 0 Å². The molecule has 2 heterocycles. The van der Waals surface area contributed by atoms with Crippen molar-refractivity contribution in [2.75, 3.05) is 0 Å². The van der Waals surface area contributed by atoms with Gasteiger partial charge in [0.25, 0.3) is 0 Å². The number of rotatable bonds is 6. The molecule has 0 aliphatic heterocycles. The van der Waals surface area contributed by atoms with E-state index in [2.05, 4.69) is 14.5 Å². The Morgan fingerprint density at radius 1 is 1.24 bits per heavy atom. The highest BCUT2D eigenvalue weighted by Crippen LogP contribution is 2.41. The maximum Gasteiger partial charge on any atom is 0.137 e. The summed E-state index contributed by atoms with van der Waals surface area (Å²) in [5.74, 6) is -1.50. The minimum atomic E-state index is -1.67. The van der Waals surface area contributed by atoms with Gasteiger partial charge in [-0.25, -0.2) is 18.4 Å². The van der Waals surface area contributed by atoms with Gasteiger partial charge in [0.2, 0.25) is 0 Å². The van der Waals surface area contributed by atoms with E-state index in [-0.39, 0.29) is 12.1 Å². The number of hydrogen-bond acceptors (Lipinski definition) is 6. The predicted molar refractivity (Wildman–Crippen MR) is 110 cm³/mol. The fraction of sp³-hybridized carbons (Fsp3) is 0.250. The second kappa shape index (κ2) is 7.81. The summed E-state index contributed by atoms with van der Waals surface area (Å²) in [5, 5.41) is 16.9. The molecule has 0 unspecified atom stereocenters. The number of aliphatic hydroxyl groups is 1. The highest BCUT2D eigenvalue weighted by atomic mass is 32.2. The summed E-state index contributed by atoms with van der Waals surface area (Å²) < 4.78 is 35.1. The van der Waals surface area contributed by atoms with Crippen molar-refractivity contribution < 1.29 is 13.9 Å². The number of nitrogens with zero attached hydrogens (tertiary/aromatic N) is 4. The van der Waals surface area contributed by atoms with Crippen LogP contribution in [0.2, 0.25) is 0 Å². The molecule has 4 rings (SSSR count). The number of fused-ring (bicyclic) bond motifs is 1. The molecule has 2 atom stereocenters. The number of aromatic nitrogens is 4. The number of thioether (sulfide) groups is 1. The van der Waals surface area contributed by atoms with Gasteiger partial charge < -0.3 is 5.11 Å². The molecule has 0 bridgehead atoms. The van der Waals surface area contributed by atoms with Gasteiger partial charge in [-0.3, -0.25) is 0 Å². The Morgan fingerprint density at radius 2 is 2.07 bits per heavy atom. The van der Waals surface area contributed by atoms with Gasteiger partial charge in [0.05, 0.1) is 11.2 Å². The molecule has 0 fully saturated rings. The lowest BCUT2D eigenvalue weighted by Gasteiger charge is -2.34. The summed E-state index contributed by atoms with van der Waals surface area (Å²) in [5.41, 5.74) is -0.560. The normalized spacial score (nSPS) is 14.8. The van der Waals surface area contributed by atoms with Crippen LogP contribution in [0.1, 0.15) is 18.1 Å². The number of hydrogen-bond donors (Lipinski definition) is 1. The van der Waals surface area contributed by atoms with E-state index in [1.54, 1.807) is 6.92 Å². The number of halogens is 2. The van der Waals surface area contributed by atoms with Crippen molar-refractivity contribution in [1.29, 1.82) is 0 Å². The summed E-state index contributed by atoms with van der Waals surface area (Å²) in [6, 6.07) is 9.28. The molecule has 2 aromatic carbocycles. The van der Waals surface area contributed by atoms with Crippen LogP contribution in [-0.2, 0) is 12.1 Å². The van der Waals surface area contributed by atoms with E-state index in [0.29, 0.717) is 0 Å². The van der Waals surface area contributed by atoms with Crippen LogP contribution in [0, 0.1) is 18.6 Å². The first-order chi connectivity index (χ1) is 13.9. The fourth-order valence-electron chi connectivity index (χ4n) is 3.21. The molecule has 5 nitrogen and oxygen atoms in total. The minimum Gasteiger partial charge on any atom is -0.382 e. The lowest BCUT2D eigenvalue weighted by molar-refractivity contribution is 0.0133. The zero-order chi connectivity index (χ0) is 20.6. The van der Waals surface area contributed by atoms with Crippen LogP contribution >= 0.6 is 23.3 Å². The van der Waals surface area contributed by atoms with E-state index >= 15 is 0 Å². The maximum absolute atomic E-state index is 14.7. The van der Waals surface area contributed by atoms with E-state index in [1.807, 2.05) is 25.1 Å². The van der Waals surface area contributed by atoms with Gasteiger partial charge in [-0.05, 0) is 43.6 Å². The third-order valence-corrected chi connectivity index (χ3v) is 7.04. The van der Waals surface area contributed by atoms with Crippen LogP contribution in [-0.4, -0.2) is 29.5 Å². The molecule has 29 heavy (non-hydrogen) atoms. The van der Waals surface area contributed by atoms with Crippen molar-refractivity contribution in [2.24, 2.45) is 0 Å². The van der Waals surface area contributed by atoms with Gasteiger partial charge in [-0.2, -0.15) is 9.47 Å². The summed E-state index contributed by atoms with van der Waals surface area (Å²) in [6.07, 6.45) is 2.79. The van der Waals surface area contributed by atoms with Crippen molar-refractivity contribution in [3.05, 3.63) is 71.8 Å². The Hall–Kier alpha value is -2.36. The van der Waals surface area contributed by atoms with Gasteiger partial charge in [0.1, 0.15) is 34.9 Å². The Labute approximate surface area is 174 Å². The number of benzene rings is 2. The lowest BCUT2D eigenvalue weighted by Crippen LogP contribution is -2.41. The molecule has 0 saturated carbocycles. The summed E-state index contributed by atoms with van der Waals surface area (Å²) in [7, 11) is 0. The molecule has 150 valence electrons. The molecule has 9 heteroatoms. The molecular weight excluding hydrogens is 414 g/mol. The maximum atomic E-state index is 14.7. The van der Waals surface area contributed by atoms with Crippen molar-refractivity contribution in [3.8, 4) is 0 Å². The van der Waals surface area contributed by atoms with Crippen LogP contribution in [0.3, 0.4) is 0 Å². The molecule has 0 aliphatic rings. The molecule has 1 N–H and O–H groups in total. The van der Waals surface area contributed by atoms with Crippen molar-refractivity contribution in [1.82, 2.24) is 19.1 Å². The summed E-state index contributed by atoms with van der Waals surface area (Å²) in [6.45, 7) is 3.76. The first-order valence-electron chi connectivity index (χ1n) is 8.90. The Bertz CT molecular complexity index is 1150. The average Bonchev–Trinajstić information content (AvgIpc) is 3.31. The highest BCUT2D eigenvalue weighted by Gasteiger charge is 2.40. The molecular formula is C20H18F2N4OS2.